The summed E-state index contributed by atoms with van der Waals surface area (Å²) in [4.78, 5) is 15.7. The van der Waals surface area contributed by atoms with Gasteiger partial charge < -0.3 is 0 Å². The van der Waals surface area contributed by atoms with Gasteiger partial charge in [0.05, 0.1) is 12.7 Å². The molecule has 2 aromatic heterocycles. The molecule has 0 radical (unpaired) electrons. The van der Waals surface area contributed by atoms with E-state index < -0.39 is 0 Å². The van der Waals surface area contributed by atoms with Crippen LogP contribution in [0.4, 0.5) is 0 Å². The number of aromatic nitrogens is 3. The van der Waals surface area contributed by atoms with Crippen LogP contribution in [-0.2, 0) is 6.54 Å². The normalized spacial score (nSPS) is 10.4. The largest absolute Gasteiger partial charge is 0.268 e. The van der Waals surface area contributed by atoms with Gasteiger partial charge in [-0.3, -0.25) is 9.78 Å². The molecule has 0 aliphatic heterocycles. The van der Waals surface area contributed by atoms with Crippen LogP contribution in [0.1, 0.15) is 11.1 Å². The van der Waals surface area contributed by atoms with E-state index in [1.54, 1.807) is 24.7 Å². The minimum absolute atomic E-state index is 0.0894. The highest BCUT2D eigenvalue weighted by Crippen LogP contribution is 2.02. The highest BCUT2D eigenvalue weighted by atomic mass is 127. The molecule has 0 fully saturated rings. The van der Waals surface area contributed by atoms with Gasteiger partial charge in [0.1, 0.15) is 0 Å². The summed E-state index contributed by atoms with van der Waals surface area (Å²) < 4.78 is 2.28. The van der Waals surface area contributed by atoms with E-state index in [2.05, 4.69) is 32.7 Å². The second-order valence-electron chi connectivity index (χ2n) is 3.54. The first-order chi connectivity index (χ1) is 7.65. The number of aryl methyl sites for hydroxylation is 1. The highest BCUT2D eigenvalue weighted by Gasteiger charge is 2.00. The Labute approximate surface area is 106 Å². The van der Waals surface area contributed by atoms with Crippen molar-refractivity contribution in [3.05, 3.63) is 55.8 Å². The summed E-state index contributed by atoms with van der Waals surface area (Å²) in [6.45, 7) is 2.44. The van der Waals surface area contributed by atoms with Crippen molar-refractivity contribution in [1.29, 1.82) is 0 Å². The Bertz CT molecular complexity index is 565. The smallest absolute Gasteiger partial charge is 0.268 e. The average molecular weight is 327 g/mol. The summed E-state index contributed by atoms with van der Waals surface area (Å²) in [6.07, 6.45) is 5.21. The van der Waals surface area contributed by atoms with Crippen molar-refractivity contribution < 1.29 is 0 Å². The third-order valence-electron chi connectivity index (χ3n) is 2.10. The Hall–Kier alpha value is -1.24. The van der Waals surface area contributed by atoms with Gasteiger partial charge in [0.2, 0.25) is 0 Å². The zero-order chi connectivity index (χ0) is 11.5. The van der Waals surface area contributed by atoms with E-state index in [1.807, 2.05) is 13.0 Å². The summed E-state index contributed by atoms with van der Waals surface area (Å²) in [5, 5.41) is 4.07. The molecule has 4 nitrogen and oxygen atoms in total. The molecule has 2 aromatic rings. The van der Waals surface area contributed by atoms with Crippen LogP contribution in [0.2, 0.25) is 0 Å². The number of rotatable bonds is 2. The molecule has 5 heteroatoms. The minimum atomic E-state index is -0.0894. The molecule has 0 unspecified atom stereocenters. The molecule has 0 N–H and O–H groups in total. The van der Waals surface area contributed by atoms with Crippen molar-refractivity contribution >= 4 is 22.6 Å². The van der Waals surface area contributed by atoms with Crippen LogP contribution < -0.4 is 5.56 Å². The van der Waals surface area contributed by atoms with Crippen molar-refractivity contribution in [3.8, 4) is 0 Å². The molecule has 2 heterocycles. The Kier molecular flexibility index (Phi) is 3.33. The Morgan fingerprint density at radius 2 is 2.12 bits per heavy atom. The van der Waals surface area contributed by atoms with Gasteiger partial charge in [-0.25, -0.2) is 4.68 Å². The number of hydrogen-bond acceptors (Lipinski definition) is 3. The fourth-order valence-corrected chi connectivity index (χ4v) is 1.80. The summed E-state index contributed by atoms with van der Waals surface area (Å²) in [5.41, 5.74) is 1.97. The van der Waals surface area contributed by atoms with E-state index in [0.717, 1.165) is 14.7 Å². The maximum absolute atomic E-state index is 11.6. The third kappa shape index (κ3) is 2.66. The number of hydrogen-bond donors (Lipinski definition) is 0. The monoisotopic (exact) mass is 327 g/mol. The molecule has 2 rings (SSSR count). The quantitative estimate of drug-likeness (QED) is 0.787. The predicted octanol–water partition coefficient (Wildman–Crippen LogP) is 1.60. The minimum Gasteiger partial charge on any atom is -0.268 e. The van der Waals surface area contributed by atoms with Crippen LogP contribution in [0.5, 0.6) is 0 Å². The van der Waals surface area contributed by atoms with Crippen LogP contribution in [0.15, 0.2) is 35.5 Å². The van der Waals surface area contributed by atoms with Crippen molar-refractivity contribution in [2.75, 3.05) is 0 Å². The number of nitrogens with zero attached hydrogens (tertiary/aromatic N) is 3. The molecule has 0 amide bonds. The second kappa shape index (κ2) is 4.73. The van der Waals surface area contributed by atoms with Crippen molar-refractivity contribution in [3.63, 3.8) is 0 Å². The van der Waals surface area contributed by atoms with Crippen LogP contribution in [0, 0.1) is 10.5 Å². The highest BCUT2D eigenvalue weighted by molar-refractivity contribution is 14.1. The Morgan fingerprint density at radius 1 is 1.31 bits per heavy atom. The van der Waals surface area contributed by atoms with E-state index in [-0.39, 0.29) is 5.56 Å². The first kappa shape index (κ1) is 11.3. The molecule has 0 bridgehead atoms. The molecule has 0 aliphatic carbocycles. The molecule has 0 saturated carbocycles. The standard InChI is InChI=1S/C11H10IN3O/c1-8-2-9(5-13-4-8)7-15-11(16)3-10(12)6-14-15/h2-6H,7H2,1H3. The van der Waals surface area contributed by atoms with Crippen molar-refractivity contribution in [2.24, 2.45) is 0 Å². The number of halogens is 1. The SMILES string of the molecule is Cc1cncc(Cn2ncc(I)cc2=O)c1. The van der Waals surface area contributed by atoms with E-state index in [1.165, 1.54) is 4.68 Å². The Balaban J connectivity index is 2.31. The van der Waals surface area contributed by atoms with Gasteiger partial charge in [0.15, 0.2) is 0 Å². The lowest BCUT2D eigenvalue weighted by atomic mass is 10.2. The summed E-state index contributed by atoms with van der Waals surface area (Å²) in [6, 6.07) is 3.57. The molecule has 0 saturated heterocycles. The molecule has 16 heavy (non-hydrogen) atoms. The van der Waals surface area contributed by atoms with E-state index >= 15 is 0 Å². The summed E-state index contributed by atoms with van der Waals surface area (Å²) >= 11 is 2.07. The fourth-order valence-electron chi connectivity index (χ4n) is 1.41. The van der Waals surface area contributed by atoms with Crippen molar-refractivity contribution in [1.82, 2.24) is 14.8 Å². The molecular formula is C11H10IN3O. The van der Waals surface area contributed by atoms with Gasteiger partial charge in [-0.05, 0) is 40.6 Å². The zero-order valence-electron chi connectivity index (χ0n) is 8.72. The Morgan fingerprint density at radius 3 is 2.81 bits per heavy atom. The van der Waals surface area contributed by atoms with E-state index in [9.17, 15) is 4.79 Å². The molecule has 0 aliphatic rings. The summed E-state index contributed by atoms with van der Waals surface area (Å²) in [5.74, 6) is 0. The maximum Gasteiger partial charge on any atom is 0.268 e. The lowest BCUT2D eigenvalue weighted by Gasteiger charge is -2.04. The van der Waals surface area contributed by atoms with Gasteiger partial charge in [0, 0.05) is 22.0 Å². The first-order valence-electron chi connectivity index (χ1n) is 4.78. The maximum atomic E-state index is 11.6. The van der Waals surface area contributed by atoms with Gasteiger partial charge >= 0.3 is 0 Å². The summed E-state index contributed by atoms with van der Waals surface area (Å²) in [7, 11) is 0. The molecular weight excluding hydrogens is 317 g/mol. The number of pyridine rings is 1. The van der Waals surface area contributed by atoms with Gasteiger partial charge in [-0.1, -0.05) is 6.07 Å². The van der Waals surface area contributed by atoms with Gasteiger partial charge in [-0.15, -0.1) is 0 Å². The lowest BCUT2D eigenvalue weighted by molar-refractivity contribution is 0.635. The van der Waals surface area contributed by atoms with E-state index in [0.29, 0.717) is 6.54 Å². The zero-order valence-corrected chi connectivity index (χ0v) is 10.9. The first-order valence-corrected chi connectivity index (χ1v) is 5.86. The molecule has 0 spiro atoms. The molecule has 82 valence electrons. The second-order valence-corrected chi connectivity index (χ2v) is 4.79. The van der Waals surface area contributed by atoms with E-state index in [4.69, 9.17) is 0 Å². The molecule has 0 aromatic carbocycles. The average Bonchev–Trinajstić information content (AvgIpc) is 2.22. The molecule has 0 atom stereocenters. The van der Waals surface area contributed by atoms with Crippen LogP contribution in [0.25, 0.3) is 0 Å². The topological polar surface area (TPSA) is 47.8 Å². The third-order valence-corrected chi connectivity index (χ3v) is 2.69. The van der Waals surface area contributed by atoms with Crippen LogP contribution in [0.3, 0.4) is 0 Å². The van der Waals surface area contributed by atoms with Crippen LogP contribution in [-0.4, -0.2) is 14.8 Å². The lowest BCUT2D eigenvalue weighted by Crippen LogP contribution is -2.22. The fraction of sp³-hybridized carbons (Fsp3) is 0.182. The predicted molar refractivity (Wildman–Crippen MR) is 69.3 cm³/mol. The van der Waals surface area contributed by atoms with Crippen LogP contribution >= 0.6 is 22.6 Å². The van der Waals surface area contributed by atoms with Crippen molar-refractivity contribution in [2.45, 2.75) is 13.5 Å². The van der Waals surface area contributed by atoms with Gasteiger partial charge in [-0.2, -0.15) is 5.10 Å². The van der Waals surface area contributed by atoms with Gasteiger partial charge in [0.25, 0.3) is 5.56 Å².